The highest BCUT2D eigenvalue weighted by Gasteiger charge is 2.44. The molecule has 0 aliphatic carbocycles. The van der Waals surface area contributed by atoms with Gasteiger partial charge in [-0.2, -0.15) is 0 Å². The van der Waals surface area contributed by atoms with Crippen LogP contribution in [0.5, 0.6) is 0 Å². The van der Waals surface area contributed by atoms with Crippen molar-refractivity contribution >= 4 is 50.6 Å². The molecule has 33 heavy (non-hydrogen) atoms. The summed E-state index contributed by atoms with van der Waals surface area (Å²) in [4.78, 5) is 33.7. The van der Waals surface area contributed by atoms with E-state index >= 15 is 0 Å². The van der Waals surface area contributed by atoms with Gasteiger partial charge in [-0.3, -0.25) is 9.59 Å². The fourth-order valence-electron chi connectivity index (χ4n) is 4.43. The lowest BCUT2D eigenvalue weighted by Gasteiger charge is -2.25. The zero-order valence-electron chi connectivity index (χ0n) is 17.5. The Labute approximate surface area is 195 Å². The number of aromatic nitrogens is 1. The molecule has 0 bridgehead atoms. The van der Waals surface area contributed by atoms with Crippen molar-refractivity contribution in [3.8, 4) is 0 Å². The lowest BCUT2D eigenvalue weighted by Crippen LogP contribution is -2.45. The largest absolute Gasteiger partial charge is 0.360 e. The minimum Gasteiger partial charge on any atom is -0.360 e. The van der Waals surface area contributed by atoms with Crippen LogP contribution in [-0.4, -0.2) is 49.4 Å². The highest BCUT2D eigenvalue weighted by Crippen LogP contribution is 2.32. The van der Waals surface area contributed by atoms with Crippen molar-refractivity contribution in [3.05, 3.63) is 58.7 Å². The van der Waals surface area contributed by atoms with Crippen molar-refractivity contribution in [2.24, 2.45) is 0 Å². The molecule has 1 fully saturated rings. The molecule has 3 aromatic rings. The number of nitrogens with zero attached hydrogens (tertiary/aromatic N) is 2. The lowest BCUT2D eigenvalue weighted by molar-refractivity contribution is -0.160. The molecule has 2 N–H and O–H groups in total. The van der Waals surface area contributed by atoms with Gasteiger partial charge in [0.05, 0.1) is 9.92 Å². The molecule has 1 atom stereocenters. The average Bonchev–Trinajstić information content (AvgIpc) is 3.39. The van der Waals surface area contributed by atoms with Gasteiger partial charge in [0.25, 0.3) is 10.0 Å². The number of halogens is 1. The number of benzene rings is 2. The fourth-order valence-corrected chi connectivity index (χ4v) is 6.04. The number of hydroxylamine groups is 1. The number of sulfonamides is 1. The minimum atomic E-state index is -4.32. The number of H-pyrrole nitrogens is 1. The summed E-state index contributed by atoms with van der Waals surface area (Å²) >= 11 is 6.08. The normalized spacial score (nSPS) is 18.7. The highest BCUT2D eigenvalue weighted by atomic mass is 35.5. The van der Waals surface area contributed by atoms with E-state index in [0.29, 0.717) is 39.2 Å². The Morgan fingerprint density at radius 2 is 2.03 bits per heavy atom. The Kier molecular flexibility index (Phi) is 5.61. The summed E-state index contributed by atoms with van der Waals surface area (Å²) in [5.74, 6) is -0.451. The quantitative estimate of drug-likeness (QED) is 0.407. The predicted octanol–water partition coefficient (Wildman–Crippen LogP) is 2.35. The van der Waals surface area contributed by atoms with Gasteiger partial charge in [-0.25, -0.2) is 8.42 Å². The van der Waals surface area contributed by atoms with E-state index in [9.17, 15) is 18.0 Å². The Balaban J connectivity index is 1.45. The first-order valence-electron chi connectivity index (χ1n) is 10.5. The van der Waals surface area contributed by atoms with Gasteiger partial charge in [0, 0.05) is 35.9 Å². The second-order valence-electron chi connectivity index (χ2n) is 7.98. The van der Waals surface area contributed by atoms with Gasteiger partial charge in [-0.1, -0.05) is 17.7 Å². The van der Waals surface area contributed by atoms with Gasteiger partial charge in [-0.15, -0.1) is 0 Å². The lowest BCUT2D eigenvalue weighted by atomic mass is 10.0. The van der Waals surface area contributed by atoms with Gasteiger partial charge in [0.15, 0.2) is 0 Å². The number of amides is 1. The zero-order chi connectivity index (χ0) is 23.2. The van der Waals surface area contributed by atoms with Crippen LogP contribution in [0.15, 0.2) is 47.5 Å². The first-order chi connectivity index (χ1) is 15.9. The molecule has 5 rings (SSSR count). The third kappa shape index (κ3) is 3.78. The maximum Gasteiger partial charge on any atom is 0.314 e. The van der Waals surface area contributed by atoms with Crippen LogP contribution < -0.4 is 10.2 Å². The first-order valence-corrected chi connectivity index (χ1v) is 12.3. The Morgan fingerprint density at radius 3 is 2.85 bits per heavy atom. The minimum absolute atomic E-state index is 0.0160. The van der Waals surface area contributed by atoms with Crippen molar-refractivity contribution in [3.63, 3.8) is 0 Å². The van der Waals surface area contributed by atoms with E-state index < -0.39 is 22.0 Å². The summed E-state index contributed by atoms with van der Waals surface area (Å²) in [5, 5.41) is 4.42. The number of anilines is 1. The summed E-state index contributed by atoms with van der Waals surface area (Å²) in [6, 6.07) is 8.97. The maximum atomic E-state index is 13.4. The van der Waals surface area contributed by atoms with E-state index in [2.05, 4.69) is 10.3 Å². The molecule has 0 saturated carbocycles. The summed E-state index contributed by atoms with van der Waals surface area (Å²) in [7, 11) is -4.32. The number of nitrogens with one attached hydrogen (secondary N) is 2. The molecule has 9 nitrogen and oxygen atoms in total. The van der Waals surface area contributed by atoms with Gasteiger partial charge in [-0.05, 0) is 65.3 Å². The predicted molar refractivity (Wildman–Crippen MR) is 122 cm³/mol. The van der Waals surface area contributed by atoms with Crippen LogP contribution in [0.2, 0.25) is 5.02 Å². The highest BCUT2D eigenvalue weighted by molar-refractivity contribution is 7.89. The number of carbonyl (C=O) groups excluding carboxylic acids is 2. The van der Waals surface area contributed by atoms with Crippen LogP contribution in [0.25, 0.3) is 10.9 Å². The molecule has 1 amide bonds. The van der Waals surface area contributed by atoms with Crippen LogP contribution in [0, 0.1) is 0 Å². The molecule has 2 aliphatic heterocycles. The van der Waals surface area contributed by atoms with E-state index in [4.69, 9.17) is 16.4 Å². The molecular weight excluding hydrogens is 468 g/mol. The summed E-state index contributed by atoms with van der Waals surface area (Å²) in [6.07, 6.45) is 2.65. The van der Waals surface area contributed by atoms with Crippen molar-refractivity contribution in [2.75, 3.05) is 18.0 Å². The number of hydrogen-bond acceptors (Lipinski definition) is 6. The third-order valence-electron chi connectivity index (χ3n) is 6.10. The molecule has 2 aliphatic rings. The molecule has 3 heterocycles. The van der Waals surface area contributed by atoms with Crippen molar-refractivity contribution in [2.45, 2.75) is 30.3 Å². The van der Waals surface area contributed by atoms with Crippen LogP contribution in [0.1, 0.15) is 17.5 Å². The third-order valence-corrected chi connectivity index (χ3v) is 8.08. The van der Waals surface area contributed by atoms with Crippen LogP contribution >= 0.6 is 11.6 Å². The molecule has 0 unspecified atom stereocenters. The van der Waals surface area contributed by atoms with Crippen LogP contribution in [-0.2, 0) is 37.4 Å². The van der Waals surface area contributed by atoms with Crippen molar-refractivity contribution < 1.29 is 22.8 Å². The zero-order valence-corrected chi connectivity index (χ0v) is 19.0. The molecule has 11 heteroatoms. The Hall–Kier alpha value is -2.92. The maximum absolute atomic E-state index is 13.4. The van der Waals surface area contributed by atoms with E-state index in [1.54, 1.807) is 12.3 Å². The first kappa shape index (κ1) is 21.9. The smallest absolute Gasteiger partial charge is 0.314 e. The molecule has 1 aromatic heterocycles. The number of aromatic amines is 1. The molecule has 1 saturated heterocycles. The van der Waals surface area contributed by atoms with Crippen molar-refractivity contribution in [1.29, 1.82) is 0 Å². The van der Waals surface area contributed by atoms with E-state index in [1.165, 1.54) is 22.6 Å². The summed E-state index contributed by atoms with van der Waals surface area (Å²) < 4.78 is 27.2. The van der Waals surface area contributed by atoms with Gasteiger partial charge in [0.2, 0.25) is 5.91 Å². The number of fused-ring (bicyclic) bond motifs is 2. The summed E-state index contributed by atoms with van der Waals surface area (Å²) in [6.45, 7) is 1.94. The SMILES string of the molecule is O=CON([C@H]1CCN(c2ccc3c(c2)CNCC3)C1=O)S(=O)(=O)c1ccc2c(Cl)c[nH]c2c1. The number of rotatable bonds is 6. The molecule has 2 aromatic carbocycles. The monoisotopic (exact) mass is 488 g/mol. The Morgan fingerprint density at radius 1 is 1.18 bits per heavy atom. The summed E-state index contributed by atoms with van der Waals surface area (Å²) in [5.41, 5.74) is 3.54. The Bertz CT molecular complexity index is 1360. The number of hydrogen-bond donors (Lipinski definition) is 2. The molecule has 0 spiro atoms. The van der Waals surface area contributed by atoms with E-state index in [-0.39, 0.29) is 17.8 Å². The molecule has 0 radical (unpaired) electrons. The van der Waals surface area contributed by atoms with Crippen LogP contribution in [0.4, 0.5) is 5.69 Å². The van der Waals surface area contributed by atoms with Gasteiger partial charge < -0.3 is 20.0 Å². The van der Waals surface area contributed by atoms with Gasteiger partial charge in [0.1, 0.15) is 6.04 Å². The topological polar surface area (TPSA) is 112 Å². The second-order valence-corrected chi connectivity index (χ2v) is 10.2. The fraction of sp³-hybridized carbons (Fsp3) is 0.273. The van der Waals surface area contributed by atoms with E-state index in [1.807, 2.05) is 18.2 Å². The molecular formula is C22H21ClN4O5S. The van der Waals surface area contributed by atoms with Gasteiger partial charge >= 0.3 is 6.47 Å². The second kappa shape index (κ2) is 8.45. The molecule has 172 valence electrons. The van der Waals surface area contributed by atoms with E-state index in [0.717, 1.165) is 18.5 Å². The van der Waals surface area contributed by atoms with Crippen LogP contribution in [0.3, 0.4) is 0 Å². The average molecular weight is 489 g/mol. The number of carbonyl (C=O) groups is 2. The van der Waals surface area contributed by atoms with Crippen molar-refractivity contribution in [1.82, 2.24) is 14.8 Å². The standard InChI is InChI=1S/C22H21ClN4O5S/c23-19-12-25-20-10-17(3-4-18(19)20)33(30,31)27(32-13-28)21-6-8-26(22(21)29)16-2-1-14-5-7-24-11-15(14)9-16/h1-4,9-10,12-13,21,24-25H,5-8,11H2/t21-/m0/s1.